The number of anilines is 2. The van der Waals surface area contributed by atoms with Crippen LogP contribution in [0.5, 0.6) is 0 Å². The first kappa shape index (κ1) is 19.9. The van der Waals surface area contributed by atoms with Gasteiger partial charge in [0, 0.05) is 12.1 Å². The highest BCUT2D eigenvalue weighted by atomic mass is 19.1. The van der Waals surface area contributed by atoms with Crippen LogP contribution < -0.4 is 10.9 Å². The third kappa shape index (κ3) is 3.91. The van der Waals surface area contributed by atoms with Gasteiger partial charge in [0.1, 0.15) is 17.2 Å². The molecular formula is C21H18FN3O4. The number of nitrogens with one attached hydrogen (secondary N) is 1. The monoisotopic (exact) mass is 395 g/mol. The summed E-state index contributed by atoms with van der Waals surface area (Å²) in [5.41, 5.74) is -0.242. The second-order valence-corrected chi connectivity index (χ2v) is 6.26. The Balaban J connectivity index is 2.32. The van der Waals surface area contributed by atoms with E-state index in [0.29, 0.717) is 5.56 Å². The van der Waals surface area contributed by atoms with Crippen molar-refractivity contribution in [3.63, 3.8) is 0 Å². The summed E-state index contributed by atoms with van der Waals surface area (Å²) in [7, 11) is 0. The summed E-state index contributed by atoms with van der Waals surface area (Å²) < 4.78 is 14.9. The molecule has 0 saturated heterocycles. The summed E-state index contributed by atoms with van der Waals surface area (Å²) >= 11 is 0. The molecule has 3 rings (SSSR count). The average Bonchev–Trinajstić information content (AvgIpc) is 2.69. The molecular weight excluding hydrogens is 377 g/mol. The van der Waals surface area contributed by atoms with Gasteiger partial charge in [-0.15, -0.1) is 0 Å². The minimum Gasteiger partial charge on any atom is -0.478 e. The van der Waals surface area contributed by atoms with E-state index in [9.17, 15) is 23.9 Å². The molecule has 0 atom stereocenters. The van der Waals surface area contributed by atoms with Gasteiger partial charge in [-0.05, 0) is 32.0 Å². The van der Waals surface area contributed by atoms with Gasteiger partial charge >= 0.3 is 5.97 Å². The van der Waals surface area contributed by atoms with Gasteiger partial charge in [-0.3, -0.25) is 9.59 Å². The lowest BCUT2D eigenvalue weighted by Crippen LogP contribution is -2.28. The van der Waals surface area contributed by atoms with Gasteiger partial charge in [-0.2, -0.15) is 5.10 Å². The third-order valence-corrected chi connectivity index (χ3v) is 4.33. The Morgan fingerprint density at radius 3 is 2.45 bits per heavy atom. The van der Waals surface area contributed by atoms with E-state index in [0.717, 1.165) is 22.9 Å². The molecule has 0 saturated carbocycles. The molecule has 0 amide bonds. The standard InChI is InChI=1S/C21H18FN3O4/c1-3-25-20(27)19(23-16-11-14(22)9-10-15(16)21(28)29)17(12(2)26)18(24-25)13-7-5-4-6-8-13/h4-11,23H,3H2,1-2H3,(H,28,29). The quantitative estimate of drug-likeness (QED) is 0.617. The summed E-state index contributed by atoms with van der Waals surface area (Å²) in [4.78, 5) is 36.9. The van der Waals surface area contributed by atoms with Gasteiger partial charge in [0.05, 0.1) is 16.8 Å². The van der Waals surface area contributed by atoms with Crippen LogP contribution in [0.1, 0.15) is 34.6 Å². The summed E-state index contributed by atoms with van der Waals surface area (Å²) in [6.45, 7) is 3.22. The molecule has 1 aromatic heterocycles. The van der Waals surface area contributed by atoms with E-state index in [1.807, 2.05) is 0 Å². The molecule has 2 aromatic carbocycles. The maximum atomic E-state index is 13.8. The molecule has 148 valence electrons. The average molecular weight is 395 g/mol. The molecule has 3 aromatic rings. The summed E-state index contributed by atoms with van der Waals surface area (Å²) in [5, 5.41) is 16.4. The van der Waals surface area contributed by atoms with Crippen molar-refractivity contribution < 1.29 is 19.1 Å². The van der Waals surface area contributed by atoms with Crippen molar-refractivity contribution in [3.05, 3.63) is 75.8 Å². The van der Waals surface area contributed by atoms with Gasteiger partial charge in [0.15, 0.2) is 5.78 Å². The predicted octanol–water partition coefficient (Wildman–Crippen LogP) is 3.71. The normalized spacial score (nSPS) is 10.6. The van der Waals surface area contributed by atoms with Crippen molar-refractivity contribution in [1.29, 1.82) is 0 Å². The summed E-state index contributed by atoms with van der Waals surface area (Å²) in [6.07, 6.45) is 0. The van der Waals surface area contributed by atoms with Crippen molar-refractivity contribution in [1.82, 2.24) is 9.78 Å². The van der Waals surface area contributed by atoms with E-state index in [1.54, 1.807) is 37.3 Å². The van der Waals surface area contributed by atoms with E-state index in [-0.39, 0.29) is 34.7 Å². The number of hydrogen-bond acceptors (Lipinski definition) is 5. The molecule has 1 heterocycles. The zero-order chi connectivity index (χ0) is 21.1. The maximum absolute atomic E-state index is 13.8. The number of carbonyl (C=O) groups is 2. The van der Waals surface area contributed by atoms with Crippen LogP contribution >= 0.6 is 0 Å². The number of ketones is 1. The number of nitrogens with zero attached hydrogens (tertiary/aromatic N) is 2. The van der Waals surface area contributed by atoms with Gasteiger partial charge in [-0.25, -0.2) is 13.9 Å². The molecule has 8 heteroatoms. The SMILES string of the molecule is CCn1nc(-c2ccccc2)c(C(C)=O)c(Nc2cc(F)ccc2C(=O)O)c1=O. The van der Waals surface area contributed by atoms with E-state index in [1.165, 1.54) is 6.92 Å². The molecule has 0 fully saturated rings. The highest BCUT2D eigenvalue weighted by molar-refractivity contribution is 6.06. The maximum Gasteiger partial charge on any atom is 0.337 e. The van der Waals surface area contributed by atoms with Crippen LogP contribution in [0.4, 0.5) is 15.8 Å². The molecule has 0 unspecified atom stereocenters. The molecule has 0 aliphatic rings. The number of halogens is 1. The Morgan fingerprint density at radius 1 is 1.17 bits per heavy atom. The Hall–Kier alpha value is -3.81. The highest BCUT2D eigenvalue weighted by Gasteiger charge is 2.23. The molecule has 0 spiro atoms. The minimum atomic E-state index is -1.30. The molecule has 7 nitrogen and oxygen atoms in total. The van der Waals surface area contributed by atoms with Gasteiger partial charge < -0.3 is 10.4 Å². The predicted molar refractivity (Wildman–Crippen MR) is 106 cm³/mol. The summed E-state index contributed by atoms with van der Waals surface area (Å²) in [6, 6.07) is 11.9. The zero-order valence-corrected chi connectivity index (χ0v) is 15.8. The second-order valence-electron chi connectivity index (χ2n) is 6.26. The second kappa shape index (κ2) is 8.05. The summed E-state index contributed by atoms with van der Waals surface area (Å²) in [5.74, 6) is -2.42. The zero-order valence-electron chi connectivity index (χ0n) is 15.8. The van der Waals surface area contributed by atoms with Gasteiger partial charge in [0.2, 0.25) is 0 Å². The first-order valence-electron chi connectivity index (χ1n) is 8.84. The van der Waals surface area contributed by atoms with Crippen molar-refractivity contribution in [3.8, 4) is 11.3 Å². The van der Waals surface area contributed by atoms with Crippen LogP contribution in [-0.4, -0.2) is 26.6 Å². The number of Topliss-reactive ketones (excluding diaryl/α,β-unsaturated/α-hetero) is 1. The van der Waals surface area contributed by atoms with Gasteiger partial charge in [-0.1, -0.05) is 30.3 Å². The van der Waals surface area contributed by atoms with Crippen LogP contribution in [0, 0.1) is 5.82 Å². The first-order valence-corrected chi connectivity index (χ1v) is 8.84. The van der Waals surface area contributed by atoms with E-state index < -0.39 is 23.1 Å². The number of aromatic nitrogens is 2. The molecule has 0 radical (unpaired) electrons. The number of carbonyl (C=O) groups excluding carboxylic acids is 1. The van der Waals surface area contributed by atoms with E-state index in [2.05, 4.69) is 10.4 Å². The number of rotatable bonds is 6. The number of aromatic carboxylic acids is 1. The topological polar surface area (TPSA) is 101 Å². The number of hydrogen-bond donors (Lipinski definition) is 2. The van der Waals surface area contributed by atoms with Crippen LogP contribution in [0.15, 0.2) is 53.3 Å². The molecule has 29 heavy (non-hydrogen) atoms. The highest BCUT2D eigenvalue weighted by Crippen LogP contribution is 2.29. The van der Waals surface area contributed by atoms with Crippen LogP contribution in [0.25, 0.3) is 11.3 Å². The first-order chi connectivity index (χ1) is 13.8. The number of benzene rings is 2. The fraction of sp³-hybridized carbons (Fsp3) is 0.143. The van der Waals surface area contributed by atoms with Crippen LogP contribution in [-0.2, 0) is 6.54 Å². The Morgan fingerprint density at radius 2 is 1.86 bits per heavy atom. The van der Waals surface area contributed by atoms with E-state index >= 15 is 0 Å². The number of carboxylic acids is 1. The fourth-order valence-corrected chi connectivity index (χ4v) is 2.98. The van der Waals surface area contributed by atoms with Gasteiger partial charge in [0.25, 0.3) is 5.56 Å². The minimum absolute atomic E-state index is 0.00602. The Kier molecular flexibility index (Phi) is 5.54. The van der Waals surface area contributed by atoms with Crippen molar-refractivity contribution >= 4 is 23.1 Å². The largest absolute Gasteiger partial charge is 0.478 e. The Bertz CT molecular complexity index is 1160. The Labute approximate surface area is 165 Å². The van der Waals surface area contributed by atoms with Crippen LogP contribution in [0.3, 0.4) is 0 Å². The molecule has 0 aliphatic heterocycles. The van der Waals surface area contributed by atoms with E-state index in [4.69, 9.17) is 0 Å². The molecule has 0 bridgehead atoms. The third-order valence-electron chi connectivity index (χ3n) is 4.33. The lowest BCUT2D eigenvalue weighted by atomic mass is 10.0. The smallest absolute Gasteiger partial charge is 0.337 e. The van der Waals surface area contributed by atoms with Crippen molar-refractivity contribution in [2.24, 2.45) is 0 Å². The number of aryl methyl sites for hydroxylation is 1. The molecule has 2 N–H and O–H groups in total. The number of carboxylic acid groups (broad SMARTS) is 1. The lowest BCUT2D eigenvalue weighted by molar-refractivity contribution is 0.0697. The van der Waals surface area contributed by atoms with Crippen molar-refractivity contribution in [2.75, 3.05) is 5.32 Å². The van der Waals surface area contributed by atoms with Crippen molar-refractivity contribution in [2.45, 2.75) is 20.4 Å². The fourth-order valence-electron chi connectivity index (χ4n) is 2.98. The lowest BCUT2D eigenvalue weighted by Gasteiger charge is -2.17. The molecule has 0 aliphatic carbocycles. The van der Waals surface area contributed by atoms with Crippen LogP contribution in [0.2, 0.25) is 0 Å².